The van der Waals surface area contributed by atoms with E-state index >= 15 is 0 Å². The molecule has 0 aliphatic rings. The molecule has 0 saturated carbocycles. The van der Waals surface area contributed by atoms with Gasteiger partial charge in [0.15, 0.2) is 0 Å². The molecule has 3 nitrogen and oxygen atoms in total. The summed E-state index contributed by atoms with van der Waals surface area (Å²) in [4.78, 5) is 4.32. The predicted molar refractivity (Wildman–Crippen MR) is 84.4 cm³/mol. The third kappa shape index (κ3) is 5.44. The van der Waals surface area contributed by atoms with Gasteiger partial charge >= 0.3 is 0 Å². The van der Waals surface area contributed by atoms with Crippen LogP contribution in [-0.2, 0) is 6.42 Å². The van der Waals surface area contributed by atoms with Crippen molar-refractivity contribution in [2.75, 3.05) is 0 Å². The molecule has 1 aromatic carbocycles. The standard InChI is InChI=1S/C18H18F2N2O/c1-18(2,23)7-6-15-4-3-5-17(22-15)16(21)10-12-8-13(19)11-14(20)9-12/h3-5,8-9,11,16,23H,10,21H2,1-2H3. The molecule has 3 N–H and O–H groups in total. The van der Waals surface area contributed by atoms with E-state index in [9.17, 15) is 13.9 Å². The number of hydrogen-bond donors (Lipinski definition) is 2. The Morgan fingerprint density at radius 3 is 2.48 bits per heavy atom. The first kappa shape index (κ1) is 17.1. The van der Waals surface area contributed by atoms with Crippen molar-refractivity contribution in [2.45, 2.75) is 31.9 Å². The highest BCUT2D eigenvalue weighted by molar-refractivity contribution is 5.32. The number of benzene rings is 1. The maximum atomic E-state index is 13.2. The van der Waals surface area contributed by atoms with Crippen molar-refractivity contribution < 1.29 is 13.9 Å². The lowest BCUT2D eigenvalue weighted by Gasteiger charge is -2.12. The Bertz CT molecular complexity index is 737. The van der Waals surface area contributed by atoms with E-state index in [4.69, 9.17) is 5.73 Å². The molecule has 0 amide bonds. The smallest absolute Gasteiger partial charge is 0.126 e. The summed E-state index contributed by atoms with van der Waals surface area (Å²) < 4.78 is 26.4. The highest BCUT2D eigenvalue weighted by Crippen LogP contribution is 2.17. The fourth-order valence-corrected chi connectivity index (χ4v) is 2.03. The molecular formula is C18H18F2N2O. The van der Waals surface area contributed by atoms with Crippen molar-refractivity contribution in [3.8, 4) is 11.8 Å². The molecule has 0 fully saturated rings. The number of pyridine rings is 1. The van der Waals surface area contributed by atoms with Crippen LogP contribution in [0.15, 0.2) is 36.4 Å². The van der Waals surface area contributed by atoms with E-state index in [1.165, 1.54) is 12.1 Å². The number of nitrogens with zero attached hydrogens (tertiary/aromatic N) is 1. The van der Waals surface area contributed by atoms with Gasteiger partial charge in [0.05, 0.1) is 11.7 Å². The Morgan fingerprint density at radius 1 is 1.22 bits per heavy atom. The van der Waals surface area contributed by atoms with Gasteiger partial charge in [-0.05, 0) is 56.0 Å². The minimum absolute atomic E-state index is 0.254. The molecule has 5 heteroatoms. The summed E-state index contributed by atoms with van der Waals surface area (Å²) in [7, 11) is 0. The minimum Gasteiger partial charge on any atom is -0.378 e. The molecule has 0 spiro atoms. The Kier molecular flexibility index (Phi) is 5.09. The van der Waals surface area contributed by atoms with Gasteiger partial charge in [-0.2, -0.15) is 0 Å². The Hall–Kier alpha value is -2.29. The van der Waals surface area contributed by atoms with Crippen LogP contribution in [0.3, 0.4) is 0 Å². The predicted octanol–water partition coefficient (Wildman–Crippen LogP) is 2.72. The van der Waals surface area contributed by atoms with Crippen LogP contribution in [0.4, 0.5) is 8.78 Å². The fraction of sp³-hybridized carbons (Fsp3) is 0.278. The van der Waals surface area contributed by atoms with Gasteiger partial charge in [-0.25, -0.2) is 13.8 Å². The summed E-state index contributed by atoms with van der Waals surface area (Å²) in [5, 5.41) is 9.61. The summed E-state index contributed by atoms with van der Waals surface area (Å²) in [6.45, 7) is 3.15. The number of aromatic nitrogens is 1. The van der Waals surface area contributed by atoms with Crippen LogP contribution >= 0.6 is 0 Å². The van der Waals surface area contributed by atoms with Crippen molar-refractivity contribution in [1.82, 2.24) is 4.98 Å². The summed E-state index contributed by atoms with van der Waals surface area (Å²) in [6.07, 6.45) is 0.254. The normalized spacial score (nSPS) is 12.4. The topological polar surface area (TPSA) is 59.1 Å². The minimum atomic E-state index is -1.11. The molecular weight excluding hydrogens is 298 g/mol. The average molecular weight is 316 g/mol. The third-order valence-electron chi connectivity index (χ3n) is 3.02. The van der Waals surface area contributed by atoms with E-state index in [1.54, 1.807) is 32.0 Å². The van der Waals surface area contributed by atoms with Gasteiger partial charge in [0, 0.05) is 6.07 Å². The van der Waals surface area contributed by atoms with Crippen LogP contribution in [0.1, 0.15) is 36.8 Å². The van der Waals surface area contributed by atoms with E-state index in [2.05, 4.69) is 16.8 Å². The molecule has 1 aromatic heterocycles. The van der Waals surface area contributed by atoms with Gasteiger partial charge in [0.25, 0.3) is 0 Å². The molecule has 0 saturated heterocycles. The van der Waals surface area contributed by atoms with Crippen LogP contribution in [-0.4, -0.2) is 15.7 Å². The maximum absolute atomic E-state index is 13.2. The highest BCUT2D eigenvalue weighted by Gasteiger charge is 2.11. The maximum Gasteiger partial charge on any atom is 0.126 e. The molecule has 0 aliphatic carbocycles. The van der Waals surface area contributed by atoms with Crippen LogP contribution in [0.2, 0.25) is 0 Å². The van der Waals surface area contributed by atoms with E-state index < -0.39 is 23.3 Å². The molecule has 2 aromatic rings. The Balaban J connectivity index is 2.19. The van der Waals surface area contributed by atoms with Crippen LogP contribution in [0.5, 0.6) is 0 Å². The summed E-state index contributed by atoms with van der Waals surface area (Å²) in [5.41, 5.74) is 6.47. The lowest BCUT2D eigenvalue weighted by molar-refractivity contribution is 0.143. The number of hydrogen-bond acceptors (Lipinski definition) is 3. The van der Waals surface area contributed by atoms with Gasteiger partial charge in [0.1, 0.15) is 22.9 Å². The van der Waals surface area contributed by atoms with Crippen LogP contribution in [0.25, 0.3) is 0 Å². The molecule has 1 atom stereocenters. The first-order chi connectivity index (χ1) is 10.7. The van der Waals surface area contributed by atoms with Crippen LogP contribution in [0, 0.1) is 23.5 Å². The van der Waals surface area contributed by atoms with Gasteiger partial charge in [-0.15, -0.1) is 0 Å². The van der Waals surface area contributed by atoms with Crippen molar-refractivity contribution in [3.63, 3.8) is 0 Å². The molecule has 120 valence electrons. The average Bonchev–Trinajstić information content (AvgIpc) is 2.43. The molecule has 0 aliphatic heterocycles. The van der Waals surface area contributed by atoms with Gasteiger partial charge in [0.2, 0.25) is 0 Å². The Labute approximate surface area is 134 Å². The zero-order valence-electron chi connectivity index (χ0n) is 13.0. The number of halogens is 2. The Morgan fingerprint density at radius 2 is 1.87 bits per heavy atom. The van der Waals surface area contributed by atoms with Crippen molar-refractivity contribution in [1.29, 1.82) is 0 Å². The summed E-state index contributed by atoms with van der Waals surface area (Å²) >= 11 is 0. The van der Waals surface area contributed by atoms with Gasteiger partial charge in [-0.1, -0.05) is 12.0 Å². The zero-order chi connectivity index (χ0) is 17.0. The van der Waals surface area contributed by atoms with E-state index in [0.29, 0.717) is 17.0 Å². The van der Waals surface area contributed by atoms with E-state index in [1.807, 2.05) is 0 Å². The molecule has 1 heterocycles. The first-order valence-corrected chi connectivity index (χ1v) is 7.16. The lowest BCUT2D eigenvalue weighted by Crippen LogP contribution is -2.16. The SMILES string of the molecule is CC(C)(O)C#Cc1cccc(C(N)Cc2cc(F)cc(F)c2)n1. The summed E-state index contributed by atoms with van der Waals surface area (Å²) in [5.74, 6) is 4.18. The second-order valence-corrected chi connectivity index (χ2v) is 5.85. The monoisotopic (exact) mass is 316 g/mol. The second kappa shape index (κ2) is 6.86. The molecule has 2 rings (SSSR count). The van der Waals surface area contributed by atoms with Gasteiger partial charge < -0.3 is 10.8 Å². The van der Waals surface area contributed by atoms with Crippen LogP contribution < -0.4 is 5.73 Å². The fourth-order valence-electron chi connectivity index (χ4n) is 2.03. The number of nitrogens with two attached hydrogens (primary N) is 1. The van der Waals surface area contributed by atoms with Gasteiger partial charge in [-0.3, -0.25) is 0 Å². The van der Waals surface area contributed by atoms with Crippen molar-refractivity contribution >= 4 is 0 Å². The number of rotatable bonds is 3. The summed E-state index contributed by atoms with van der Waals surface area (Å²) in [6, 6.07) is 8.00. The molecule has 1 unspecified atom stereocenters. The lowest BCUT2D eigenvalue weighted by atomic mass is 10.0. The second-order valence-electron chi connectivity index (χ2n) is 5.85. The number of aliphatic hydroxyl groups is 1. The quantitative estimate of drug-likeness (QED) is 0.856. The largest absolute Gasteiger partial charge is 0.378 e. The third-order valence-corrected chi connectivity index (χ3v) is 3.02. The van der Waals surface area contributed by atoms with E-state index in [0.717, 1.165) is 6.07 Å². The molecule has 0 bridgehead atoms. The zero-order valence-corrected chi connectivity index (χ0v) is 13.0. The molecule has 0 radical (unpaired) electrons. The first-order valence-electron chi connectivity index (χ1n) is 7.16. The highest BCUT2D eigenvalue weighted by atomic mass is 19.1. The van der Waals surface area contributed by atoms with E-state index in [-0.39, 0.29) is 6.42 Å². The van der Waals surface area contributed by atoms with Crippen molar-refractivity contribution in [3.05, 3.63) is 65.0 Å². The van der Waals surface area contributed by atoms with Crippen molar-refractivity contribution in [2.24, 2.45) is 5.73 Å². The molecule has 23 heavy (non-hydrogen) atoms.